The van der Waals surface area contributed by atoms with Crippen LogP contribution < -0.4 is 4.57 Å². The molecule has 0 aliphatic heterocycles. The van der Waals surface area contributed by atoms with E-state index in [1.165, 1.54) is 0 Å². The van der Waals surface area contributed by atoms with Crippen LogP contribution >= 0.6 is 11.6 Å². The van der Waals surface area contributed by atoms with Crippen molar-refractivity contribution in [3.05, 3.63) is 77.4 Å². The fourth-order valence-corrected chi connectivity index (χ4v) is 2.51. The second kappa shape index (κ2) is 5.43. The minimum atomic E-state index is 0.0862. The van der Waals surface area contributed by atoms with Gasteiger partial charge in [0.05, 0.1) is 10.4 Å². The molecule has 0 aliphatic rings. The van der Waals surface area contributed by atoms with Gasteiger partial charge in [0.25, 0.3) is 0 Å². The minimum absolute atomic E-state index is 0.0862. The van der Waals surface area contributed by atoms with E-state index in [-0.39, 0.29) is 5.78 Å². The third-order valence-corrected chi connectivity index (χ3v) is 3.61. The van der Waals surface area contributed by atoms with Crippen LogP contribution in [0, 0.1) is 0 Å². The molecule has 3 aromatic rings. The second-order valence-corrected chi connectivity index (χ2v) is 5.01. The van der Waals surface area contributed by atoms with Gasteiger partial charge in [0, 0.05) is 17.7 Å². The third kappa shape index (κ3) is 2.43. The van der Waals surface area contributed by atoms with Crippen LogP contribution in [0.2, 0.25) is 5.02 Å². The molecule has 0 saturated heterocycles. The van der Waals surface area contributed by atoms with E-state index in [0.717, 1.165) is 16.5 Å². The normalized spacial score (nSPS) is 10.7. The second-order valence-electron chi connectivity index (χ2n) is 4.60. The number of halogens is 1. The van der Waals surface area contributed by atoms with E-state index < -0.39 is 0 Å². The lowest BCUT2D eigenvalue weighted by Gasteiger charge is -2.02. The number of Topliss-reactive ketones (excluding diaryl/α,β-unsaturated/α-hetero) is 1. The zero-order chi connectivity index (χ0) is 13.9. The summed E-state index contributed by atoms with van der Waals surface area (Å²) in [4.78, 5) is 12.3. The molecule has 98 valence electrons. The van der Waals surface area contributed by atoms with E-state index in [1.54, 1.807) is 0 Å². The van der Waals surface area contributed by atoms with Crippen LogP contribution in [0.3, 0.4) is 0 Å². The van der Waals surface area contributed by atoms with Crippen LogP contribution in [0.1, 0.15) is 10.4 Å². The van der Waals surface area contributed by atoms with E-state index in [2.05, 4.69) is 0 Å². The summed E-state index contributed by atoms with van der Waals surface area (Å²) >= 11 is 6.18. The lowest BCUT2D eigenvalue weighted by Crippen LogP contribution is -2.38. The molecule has 0 amide bonds. The number of carbonyl (C=O) groups excluding carboxylic acids is 1. The molecule has 1 heterocycles. The zero-order valence-electron chi connectivity index (χ0n) is 10.8. The topological polar surface area (TPSA) is 20.9 Å². The summed E-state index contributed by atoms with van der Waals surface area (Å²) in [6.45, 7) is 0.307. The van der Waals surface area contributed by atoms with Gasteiger partial charge < -0.3 is 0 Å². The Morgan fingerprint density at radius 3 is 2.55 bits per heavy atom. The van der Waals surface area contributed by atoms with Crippen molar-refractivity contribution in [1.82, 2.24) is 0 Å². The predicted octanol–water partition coefficient (Wildman–Crippen LogP) is 3.66. The van der Waals surface area contributed by atoms with Gasteiger partial charge in [-0.15, -0.1) is 0 Å². The molecular weight excluding hydrogens is 270 g/mol. The van der Waals surface area contributed by atoms with Crippen molar-refractivity contribution in [2.45, 2.75) is 6.54 Å². The van der Waals surface area contributed by atoms with Crippen molar-refractivity contribution in [2.24, 2.45) is 0 Å². The fraction of sp³-hybridized carbons (Fsp3) is 0.0588. The fourth-order valence-electron chi connectivity index (χ4n) is 2.27. The van der Waals surface area contributed by atoms with Gasteiger partial charge in [0.2, 0.25) is 17.8 Å². The number of hydrogen-bond donors (Lipinski definition) is 0. The molecule has 3 rings (SSSR count). The van der Waals surface area contributed by atoms with E-state index in [0.29, 0.717) is 11.6 Å². The van der Waals surface area contributed by atoms with Gasteiger partial charge in [0.15, 0.2) is 6.20 Å². The SMILES string of the molecule is O=C(C[n+]1cccc2c(Cl)cccc21)c1ccccc1. The molecular formula is C17H13ClNO+. The van der Waals surface area contributed by atoms with Crippen molar-refractivity contribution < 1.29 is 9.36 Å². The van der Waals surface area contributed by atoms with E-state index in [1.807, 2.05) is 71.4 Å². The van der Waals surface area contributed by atoms with Gasteiger partial charge in [0.1, 0.15) is 0 Å². The molecule has 0 saturated carbocycles. The average Bonchev–Trinajstić information content (AvgIpc) is 2.49. The van der Waals surface area contributed by atoms with Crippen molar-refractivity contribution in [1.29, 1.82) is 0 Å². The summed E-state index contributed by atoms with van der Waals surface area (Å²) in [6.07, 6.45) is 1.90. The largest absolute Gasteiger partial charge is 0.287 e. The molecule has 0 spiro atoms. The van der Waals surface area contributed by atoms with Crippen molar-refractivity contribution in [3.8, 4) is 0 Å². The number of rotatable bonds is 3. The van der Waals surface area contributed by atoms with Gasteiger partial charge in [-0.2, -0.15) is 4.57 Å². The Labute approximate surface area is 122 Å². The minimum Gasteiger partial charge on any atom is -0.287 e. The Balaban J connectivity index is 2.00. The Hall–Kier alpha value is -2.19. The first-order valence-corrected chi connectivity index (χ1v) is 6.78. The van der Waals surface area contributed by atoms with E-state index >= 15 is 0 Å². The molecule has 0 unspecified atom stereocenters. The van der Waals surface area contributed by atoms with Crippen LogP contribution in [-0.4, -0.2) is 5.78 Å². The third-order valence-electron chi connectivity index (χ3n) is 3.28. The lowest BCUT2D eigenvalue weighted by atomic mass is 10.1. The summed E-state index contributed by atoms with van der Waals surface area (Å²) in [7, 11) is 0. The van der Waals surface area contributed by atoms with Crippen LogP contribution in [-0.2, 0) is 6.54 Å². The van der Waals surface area contributed by atoms with Crippen LogP contribution in [0.5, 0.6) is 0 Å². The number of carbonyl (C=O) groups is 1. The predicted molar refractivity (Wildman–Crippen MR) is 79.9 cm³/mol. The first-order valence-electron chi connectivity index (χ1n) is 6.40. The summed E-state index contributed by atoms with van der Waals surface area (Å²) in [5.41, 5.74) is 1.68. The summed E-state index contributed by atoms with van der Waals surface area (Å²) in [5, 5.41) is 1.65. The van der Waals surface area contributed by atoms with Crippen LogP contribution in [0.4, 0.5) is 0 Å². The highest BCUT2D eigenvalue weighted by molar-refractivity contribution is 6.35. The van der Waals surface area contributed by atoms with Crippen LogP contribution in [0.25, 0.3) is 10.9 Å². The number of hydrogen-bond acceptors (Lipinski definition) is 1. The van der Waals surface area contributed by atoms with Gasteiger partial charge in [-0.05, 0) is 12.1 Å². The standard InChI is InChI=1S/C17H13ClNO/c18-15-9-4-10-16-14(15)8-5-11-19(16)12-17(20)13-6-2-1-3-7-13/h1-11H,12H2/q+1. The number of pyridine rings is 1. The van der Waals surface area contributed by atoms with Crippen molar-refractivity contribution in [3.63, 3.8) is 0 Å². The lowest BCUT2D eigenvalue weighted by molar-refractivity contribution is -0.657. The first-order chi connectivity index (χ1) is 9.75. The molecule has 2 aromatic carbocycles. The van der Waals surface area contributed by atoms with E-state index in [9.17, 15) is 4.79 Å². The van der Waals surface area contributed by atoms with Crippen LogP contribution in [0.15, 0.2) is 66.9 Å². The molecule has 0 atom stereocenters. The summed E-state index contributed by atoms with van der Waals surface area (Å²) in [6, 6.07) is 18.9. The maximum Gasteiger partial charge on any atom is 0.227 e. The van der Waals surface area contributed by atoms with E-state index in [4.69, 9.17) is 11.6 Å². The van der Waals surface area contributed by atoms with Gasteiger partial charge in [-0.3, -0.25) is 4.79 Å². The maximum absolute atomic E-state index is 12.3. The average molecular weight is 283 g/mol. The summed E-state index contributed by atoms with van der Waals surface area (Å²) < 4.78 is 1.93. The highest BCUT2D eigenvalue weighted by Crippen LogP contribution is 2.20. The Morgan fingerprint density at radius 1 is 0.950 bits per heavy atom. The molecule has 3 heteroatoms. The smallest absolute Gasteiger partial charge is 0.227 e. The van der Waals surface area contributed by atoms with Gasteiger partial charge in [-0.25, -0.2) is 0 Å². The highest BCUT2D eigenvalue weighted by atomic mass is 35.5. The highest BCUT2D eigenvalue weighted by Gasteiger charge is 2.15. The quantitative estimate of drug-likeness (QED) is 0.530. The number of nitrogens with zero attached hydrogens (tertiary/aromatic N) is 1. The van der Waals surface area contributed by atoms with Crippen molar-refractivity contribution >= 4 is 28.3 Å². The zero-order valence-corrected chi connectivity index (χ0v) is 11.5. The Morgan fingerprint density at radius 2 is 1.75 bits per heavy atom. The summed E-state index contributed by atoms with van der Waals surface area (Å²) in [5.74, 6) is 0.0862. The number of fused-ring (bicyclic) bond motifs is 1. The molecule has 2 nitrogen and oxygen atoms in total. The first kappa shape index (κ1) is 12.8. The number of aromatic nitrogens is 1. The van der Waals surface area contributed by atoms with Gasteiger partial charge >= 0.3 is 0 Å². The molecule has 1 aromatic heterocycles. The van der Waals surface area contributed by atoms with Crippen molar-refractivity contribution in [2.75, 3.05) is 0 Å². The molecule has 0 radical (unpaired) electrons. The molecule has 0 aliphatic carbocycles. The number of ketones is 1. The molecule has 0 bridgehead atoms. The molecule has 0 fully saturated rings. The van der Waals surface area contributed by atoms with Gasteiger partial charge in [-0.1, -0.05) is 48.0 Å². The number of benzene rings is 2. The molecule has 20 heavy (non-hydrogen) atoms. The Bertz CT molecular complexity index is 768. The maximum atomic E-state index is 12.3. The monoisotopic (exact) mass is 282 g/mol. The molecule has 0 N–H and O–H groups in total. The Kier molecular flexibility index (Phi) is 3.48.